The average Bonchev–Trinajstić information content (AvgIpc) is 3.32. The summed E-state index contributed by atoms with van der Waals surface area (Å²) in [5.74, 6) is 1.33. The zero-order valence-corrected chi connectivity index (χ0v) is 14.6. The van der Waals surface area contributed by atoms with Crippen LogP contribution in [-0.2, 0) is 10.0 Å². The van der Waals surface area contributed by atoms with Crippen LogP contribution in [0, 0.1) is 11.8 Å². The summed E-state index contributed by atoms with van der Waals surface area (Å²) in [6.45, 7) is 1.18. The summed E-state index contributed by atoms with van der Waals surface area (Å²) in [6.07, 6.45) is 6.71. The first-order chi connectivity index (χ1) is 11.5. The van der Waals surface area contributed by atoms with Gasteiger partial charge in [-0.15, -0.1) is 0 Å². The van der Waals surface area contributed by atoms with E-state index in [4.69, 9.17) is 0 Å². The molecule has 1 aliphatic heterocycles. The van der Waals surface area contributed by atoms with Crippen LogP contribution in [0.3, 0.4) is 0 Å². The van der Waals surface area contributed by atoms with Gasteiger partial charge in [0.15, 0.2) is 0 Å². The highest BCUT2D eigenvalue weighted by Gasteiger charge is 2.40. The number of nitrogens with zero attached hydrogens (tertiary/aromatic N) is 1. The van der Waals surface area contributed by atoms with Crippen molar-refractivity contribution < 1.29 is 13.2 Å². The van der Waals surface area contributed by atoms with E-state index in [-0.39, 0.29) is 10.8 Å². The number of amides is 1. The number of hydrogen-bond donors (Lipinski definition) is 1. The van der Waals surface area contributed by atoms with Crippen LogP contribution in [0.15, 0.2) is 29.2 Å². The molecule has 0 radical (unpaired) electrons. The van der Waals surface area contributed by atoms with E-state index < -0.39 is 10.0 Å². The Morgan fingerprint density at radius 3 is 2.33 bits per heavy atom. The fourth-order valence-electron chi connectivity index (χ4n) is 4.53. The number of sulfonamides is 1. The lowest BCUT2D eigenvalue weighted by Crippen LogP contribution is -2.38. The van der Waals surface area contributed by atoms with Crippen molar-refractivity contribution in [3.8, 4) is 0 Å². The molecule has 3 fully saturated rings. The van der Waals surface area contributed by atoms with Crippen LogP contribution in [0.4, 0.5) is 0 Å². The molecule has 1 N–H and O–H groups in total. The highest BCUT2D eigenvalue weighted by Crippen LogP contribution is 2.44. The van der Waals surface area contributed by atoms with E-state index in [1.807, 2.05) is 0 Å². The third kappa shape index (κ3) is 2.86. The molecule has 1 saturated heterocycles. The summed E-state index contributed by atoms with van der Waals surface area (Å²) < 4.78 is 26.5. The molecule has 6 heteroatoms. The normalized spacial score (nSPS) is 29.9. The zero-order valence-electron chi connectivity index (χ0n) is 13.8. The quantitative estimate of drug-likeness (QED) is 0.908. The summed E-state index contributed by atoms with van der Waals surface area (Å²) in [7, 11) is -3.41. The topological polar surface area (TPSA) is 66.5 Å². The Morgan fingerprint density at radius 2 is 1.75 bits per heavy atom. The molecular weight excluding hydrogens is 324 g/mol. The second-order valence-electron chi connectivity index (χ2n) is 7.39. The second-order valence-corrected chi connectivity index (χ2v) is 9.33. The molecule has 4 rings (SSSR count). The zero-order chi connectivity index (χ0) is 16.7. The van der Waals surface area contributed by atoms with Crippen LogP contribution in [0.25, 0.3) is 0 Å². The number of carbonyl (C=O) groups excluding carboxylic acids is 1. The maximum Gasteiger partial charge on any atom is 0.251 e. The Kier molecular flexibility index (Phi) is 4.12. The van der Waals surface area contributed by atoms with Crippen molar-refractivity contribution in [2.45, 2.75) is 49.5 Å². The number of nitrogens with one attached hydrogen (secondary N) is 1. The SMILES string of the molecule is O=C(N[C@H]1C[C@@H]2CC[C@@H]1C2)c1ccc(S(=O)(=O)N2CCCC2)cc1. The Labute approximate surface area is 143 Å². The predicted molar refractivity (Wildman–Crippen MR) is 91.1 cm³/mol. The van der Waals surface area contributed by atoms with Gasteiger partial charge in [0.25, 0.3) is 5.91 Å². The maximum absolute atomic E-state index is 12.5. The Balaban J connectivity index is 1.44. The minimum absolute atomic E-state index is 0.0855. The molecule has 5 nitrogen and oxygen atoms in total. The molecule has 2 bridgehead atoms. The van der Waals surface area contributed by atoms with Crippen LogP contribution in [0.1, 0.15) is 48.9 Å². The molecule has 0 unspecified atom stereocenters. The van der Waals surface area contributed by atoms with Gasteiger partial charge in [0, 0.05) is 24.7 Å². The van der Waals surface area contributed by atoms with E-state index in [9.17, 15) is 13.2 Å². The lowest BCUT2D eigenvalue weighted by molar-refractivity contribution is 0.0923. The molecule has 2 saturated carbocycles. The van der Waals surface area contributed by atoms with Gasteiger partial charge in [-0.2, -0.15) is 4.31 Å². The van der Waals surface area contributed by atoms with E-state index in [1.54, 1.807) is 24.3 Å². The first kappa shape index (κ1) is 16.1. The van der Waals surface area contributed by atoms with Crippen molar-refractivity contribution in [1.29, 1.82) is 0 Å². The third-order valence-electron chi connectivity index (χ3n) is 5.87. The van der Waals surface area contributed by atoms with Crippen LogP contribution in [0.5, 0.6) is 0 Å². The molecule has 0 spiro atoms. The smallest absolute Gasteiger partial charge is 0.251 e. The monoisotopic (exact) mass is 348 g/mol. The third-order valence-corrected chi connectivity index (χ3v) is 7.79. The van der Waals surface area contributed by atoms with Crippen molar-refractivity contribution >= 4 is 15.9 Å². The number of hydrogen-bond acceptors (Lipinski definition) is 3. The van der Waals surface area contributed by atoms with Gasteiger partial charge < -0.3 is 5.32 Å². The van der Waals surface area contributed by atoms with Gasteiger partial charge in [-0.1, -0.05) is 6.42 Å². The number of carbonyl (C=O) groups is 1. The van der Waals surface area contributed by atoms with E-state index >= 15 is 0 Å². The minimum atomic E-state index is -3.41. The van der Waals surface area contributed by atoms with Crippen LogP contribution < -0.4 is 5.32 Å². The lowest BCUT2D eigenvalue weighted by atomic mass is 9.95. The molecule has 0 aromatic heterocycles. The van der Waals surface area contributed by atoms with Gasteiger partial charge in [0.1, 0.15) is 0 Å². The lowest BCUT2D eigenvalue weighted by Gasteiger charge is -2.23. The maximum atomic E-state index is 12.5. The van der Waals surface area contributed by atoms with Gasteiger partial charge in [-0.05, 0) is 68.2 Å². The summed E-state index contributed by atoms with van der Waals surface area (Å²) >= 11 is 0. The minimum Gasteiger partial charge on any atom is -0.349 e. The molecule has 1 amide bonds. The van der Waals surface area contributed by atoms with Gasteiger partial charge in [0.2, 0.25) is 10.0 Å². The van der Waals surface area contributed by atoms with E-state index in [0.29, 0.717) is 30.6 Å². The van der Waals surface area contributed by atoms with Crippen LogP contribution >= 0.6 is 0 Å². The second kappa shape index (κ2) is 6.15. The first-order valence-corrected chi connectivity index (χ1v) is 10.4. The Bertz CT molecular complexity index is 723. The Morgan fingerprint density at radius 1 is 1.04 bits per heavy atom. The Hall–Kier alpha value is -1.40. The molecule has 3 aliphatic rings. The van der Waals surface area contributed by atoms with Crippen molar-refractivity contribution in [3.05, 3.63) is 29.8 Å². The highest BCUT2D eigenvalue weighted by molar-refractivity contribution is 7.89. The fraction of sp³-hybridized carbons (Fsp3) is 0.611. The first-order valence-electron chi connectivity index (χ1n) is 8.95. The van der Waals surface area contributed by atoms with Crippen LogP contribution in [-0.4, -0.2) is 37.8 Å². The van der Waals surface area contributed by atoms with E-state index in [0.717, 1.165) is 25.2 Å². The highest BCUT2D eigenvalue weighted by atomic mass is 32.2. The van der Waals surface area contributed by atoms with Crippen molar-refractivity contribution in [2.24, 2.45) is 11.8 Å². The number of fused-ring (bicyclic) bond motifs is 2. The molecule has 130 valence electrons. The van der Waals surface area contributed by atoms with E-state index in [2.05, 4.69) is 5.32 Å². The summed E-state index contributed by atoms with van der Waals surface area (Å²) in [5.41, 5.74) is 0.540. The molecular formula is C18H24N2O3S. The summed E-state index contributed by atoms with van der Waals surface area (Å²) in [4.78, 5) is 12.7. The molecule has 24 heavy (non-hydrogen) atoms. The van der Waals surface area contributed by atoms with Crippen LogP contribution in [0.2, 0.25) is 0 Å². The average molecular weight is 348 g/mol. The predicted octanol–water partition coefficient (Wildman–Crippen LogP) is 2.39. The van der Waals surface area contributed by atoms with Gasteiger partial charge in [0.05, 0.1) is 4.90 Å². The van der Waals surface area contributed by atoms with Crippen molar-refractivity contribution in [3.63, 3.8) is 0 Å². The number of rotatable bonds is 4. The largest absolute Gasteiger partial charge is 0.349 e. The van der Waals surface area contributed by atoms with E-state index in [1.165, 1.54) is 23.6 Å². The standard InChI is InChI=1S/C18H24N2O3S/c21-18(19-17-12-13-3-4-15(17)11-13)14-5-7-16(8-6-14)24(22,23)20-9-1-2-10-20/h5-8,13,15,17H,1-4,9-12H2,(H,19,21)/t13-,15-,17+/m1/s1. The summed E-state index contributed by atoms with van der Waals surface area (Å²) in [5, 5.41) is 3.14. The van der Waals surface area contributed by atoms with Crippen molar-refractivity contribution in [2.75, 3.05) is 13.1 Å². The molecule has 3 atom stereocenters. The molecule has 1 aromatic rings. The van der Waals surface area contributed by atoms with Gasteiger partial charge in [-0.25, -0.2) is 8.42 Å². The summed E-state index contributed by atoms with van der Waals surface area (Å²) in [6, 6.07) is 6.67. The number of benzene rings is 1. The molecule has 1 heterocycles. The van der Waals surface area contributed by atoms with Gasteiger partial charge >= 0.3 is 0 Å². The van der Waals surface area contributed by atoms with Gasteiger partial charge in [-0.3, -0.25) is 4.79 Å². The molecule has 2 aliphatic carbocycles. The fourth-order valence-corrected chi connectivity index (χ4v) is 6.05. The van der Waals surface area contributed by atoms with Crippen molar-refractivity contribution in [1.82, 2.24) is 9.62 Å². The molecule has 1 aromatic carbocycles.